The summed E-state index contributed by atoms with van der Waals surface area (Å²) in [5, 5.41) is 0. The van der Waals surface area contributed by atoms with E-state index in [2.05, 4.69) is 12.1 Å². The second kappa shape index (κ2) is 5.89. The van der Waals surface area contributed by atoms with Gasteiger partial charge in [0.1, 0.15) is 5.60 Å². The molecule has 2 unspecified atom stereocenters. The lowest BCUT2D eigenvalue weighted by Crippen LogP contribution is -2.57. The number of amides is 1. The van der Waals surface area contributed by atoms with Crippen LogP contribution in [0, 0.1) is 0 Å². The summed E-state index contributed by atoms with van der Waals surface area (Å²) in [7, 11) is 0. The van der Waals surface area contributed by atoms with Crippen LogP contribution in [-0.4, -0.2) is 41.9 Å². The number of ether oxygens (including phenoxy) is 2. The van der Waals surface area contributed by atoms with E-state index in [0.717, 1.165) is 17.7 Å². The van der Waals surface area contributed by atoms with Crippen LogP contribution in [0.2, 0.25) is 0 Å². The number of anilines is 1. The van der Waals surface area contributed by atoms with Crippen molar-refractivity contribution < 1.29 is 14.3 Å². The normalized spacial score (nSPS) is 24.1. The third-order valence-corrected chi connectivity index (χ3v) is 4.06. The number of hydrogen-bond acceptors (Lipinski definition) is 4. The highest BCUT2D eigenvalue weighted by molar-refractivity contribution is 5.75. The highest BCUT2D eigenvalue weighted by atomic mass is 16.6. The number of morpholine rings is 1. The maximum absolute atomic E-state index is 12.5. The van der Waals surface area contributed by atoms with E-state index in [-0.39, 0.29) is 18.2 Å². The molecule has 5 heteroatoms. The summed E-state index contributed by atoms with van der Waals surface area (Å²) in [4.78, 5) is 14.3. The fraction of sp³-hybridized carbons (Fsp3) is 0.500. The largest absolute Gasteiger partial charge is 0.444 e. The van der Waals surface area contributed by atoms with Crippen LogP contribution in [0.5, 0.6) is 0 Å². The van der Waals surface area contributed by atoms with Gasteiger partial charge in [0.25, 0.3) is 0 Å². The number of nitrogen functional groups attached to an aromatic ring is 1. The number of carbonyl (C=O) groups is 1. The topological polar surface area (TPSA) is 64.8 Å². The van der Waals surface area contributed by atoms with Gasteiger partial charge in [0.2, 0.25) is 0 Å². The predicted octanol–water partition coefficient (Wildman–Crippen LogP) is 3.06. The summed E-state index contributed by atoms with van der Waals surface area (Å²) in [6.07, 6.45) is 2.59. The molecule has 5 nitrogen and oxygen atoms in total. The Bertz CT molecular complexity index is 633. The molecule has 2 atom stereocenters. The molecule has 0 spiro atoms. The number of fused-ring (bicyclic) bond motifs is 2. The van der Waals surface area contributed by atoms with Crippen molar-refractivity contribution >= 4 is 17.4 Å². The molecule has 3 rings (SSSR count). The van der Waals surface area contributed by atoms with Crippen LogP contribution in [0.15, 0.2) is 30.3 Å². The quantitative estimate of drug-likeness (QED) is 0.809. The first-order valence-electron chi connectivity index (χ1n) is 7.99. The van der Waals surface area contributed by atoms with Crippen LogP contribution in [0.3, 0.4) is 0 Å². The number of nitrogens with two attached hydrogens (primary N) is 1. The maximum atomic E-state index is 12.5. The molecule has 0 radical (unpaired) electrons. The average molecular weight is 316 g/mol. The first-order chi connectivity index (χ1) is 10.8. The van der Waals surface area contributed by atoms with Crippen molar-refractivity contribution in [3.8, 4) is 0 Å². The summed E-state index contributed by atoms with van der Waals surface area (Å²) in [5.41, 5.74) is 8.48. The highest BCUT2D eigenvalue weighted by Gasteiger charge is 2.40. The number of hydrogen-bond donors (Lipinski definition) is 1. The molecule has 2 aliphatic rings. The van der Waals surface area contributed by atoms with E-state index in [9.17, 15) is 4.79 Å². The van der Waals surface area contributed by atoms with Gasteiger partial charge < -0.3 is 15.2 Å². The van der Waals surface area contributed by atoms with Crippen LogP contribution >= 0.6 is 0 Å². The van der Waals surface area contributed by atoms with E-state index >= 15 is 0 Å². The predicted molar refractivity (Wildman–Crippen MR) is 89.9 cm³/mol. The van der Waals surface area contributed by atoms with Crippen LogP contribution < -0.4 is 5.73 Å². The van der Waals surface area contributed by atoms with Gasteiger partial charge in [-0.15, -0.1) is 0 Å². The first-order valence-corrected chi connectivity index (χ1v) is 7.99. The zero-order valence-electron chi connectivity index (χ0n) is 13.9. The number of nitrogens with zero attached hydrogens (tertiary/aromatic N) is 1. The number of benzene rings is 1. The molecule has 0 saturated carbocycles. The molecular weight excluding hydrogens is 292 g/mol. The molecule has 124 valence electrons. The highest BCUT2D eigenvalue weighted by Crippen LogP contribution is 2.34. The van der Waals surface area contributed by atoms with E-state index in [1.54, 1.807) is 0 Å². The van der Waals surface area contributed by atoms with Gasteiger partial charge in [0.05, 0.1) is 25.3 Å². The Balaban J connectivity index is 1.86. The zero-order valence-corrected chi connectivity index (χ0v) is 13.9. The minimum atomic E-state index is -0.496. The van der Waals surface area contributed by atoms with Gasteiger partial charge in [-0.1, -0.05) is 18.2 Å². The maximum Gasteiger partial charge on any atom is 0.411 e. The second-order valence-electron chi connectivity index (χ2n) is 7.17. The lowest BCUT2D eigenvalue weighted by molar-refractivity contribution is -0.0510. The van der Waals surface area contributed by atoms with Crippen LogP contribution in [0.1, 0.15) is 32.8 Å². The Morgan fingerprint density at radius 1 is 1.35 bits per heavy atom. The molecule has 1 saturated heterocycles. The summed E-state index contributed by atoms with van der Waals surface area (Å²) in [6.45, 7) is 6.69. The van der Waals surface area contributed by atoms with E-state index in [4.69, 9.17) is 15.2 Å². The van der Waals surface area contributed by atoms with Gasteiger partial charge >= 0.3 is 6.09 Å². The third kappa shape index (κ3) is 3.50. The van der Waals surface area contributed by atoms with Gasteiger partial charge in [-0.05, 0) is 50.5 Å². The van der Waals surface area contributed by atoms with Crippen molar-refractivity contribution in [1.29, 1.82) is 0 Å². The van der Waals surface area contributed by atoms with Gasteiger partial charge in [-0.2, -0.15) is 0 Å². The van der Waals surface area contributed by atoms with E-state index in [0.29, 0.717) is 13.2 Å². The van der Waals surface area contributed by atoms with Crippen molar-refractivity contribution in [1.82, 2.24) is 4.90 Å². The molecule has 1 fully saturated rings. The minimum Gasteiger partial charge on any atom is -0.444 e. The molecule has 2 bridgehead atoms. The second-order valence-corrected chi connectivity index (χ2v) is 7.17. The molecule has 2 N–H and O–H groups in total. The van der Waals surface area contributed by atoms with Gasteiger partial charge in [0.15, 0.2) is 0 Å². The molecule has 1 aromatic carbocycles. The molecule has 2 aliphatic heterocycles. The molecule has 23 heavy (non-hydrogen) atoms. The molecule has 0 aromatic heterocycles. The molecule has 0 aliphatic carbocycles. The van der Waals surface area contributed by atoms with Gasteiger partial charge in [-0.25, -0.2) is 4.79 Å². The number of carbonyl (C=O) groups excluding carboxylic acids is 1. The summed E-state index contributed by atoms with van der Waals surface area (Å²) < 4.78 is 11.2. The summed E-state index contributed by atoms with van der Waals surface area (Å²) in [5.74, 6) is 0. The van der Waals surface area contributed by atoms with E-state index in [1.165, 1.54) is 5.57 Å². The van der Waals surface area contributed by atoms with Crippen molar-refractivity contribution in [2.24, 2.45) is 0 Å². The van der Waals surface area contributed by atoms with Crippen molar-refractivity contribution in [2.75, 3.05) is 18.9 Å². The van der Waals surface area contributed by atoms with E-state index < -0.39 is 5.60 Å². The third-order valence-electron chi connectivity index (χ3n) is 4.06. The monoisotopic (exact) mass is 316 g/mol. The van der Waals surface area contributed by atoms with Crippen molar-refractivity contribution in [3.63, 3.8) is 0 Å². The lowest BCUT2D eigenvalue weighted by Gasteiger charge is -2.44. The SMILES string of the molecule is CC(C)(C)OC(=O)N1C2C=C(c3cccc(N)c3)CC1COC2. The van der Waals surface area contributed by atoms with Gasteiger partial charge in [0, 0.05) is 5.69 Å². The lowest BCUT2D eigenvalue weighted by atomic mass is 9.90. The Morgan fingerprint density at radius 3 is 2.78 bits per heavy atom. The Labute approximate surface area is 137 Å². The van der Waals surface area contributed by atoms with Crippen molar-refractivity contribution in [2.45, 2.75) is 44.9 Å². The Morgan fingerprint density at radius 2 is 2.13 bits per heavy atom. The van der Waals surface area contributed by atoms with Gasteiger partial charge in [-0.3, -0.25) is 4.90 Å². The standard InChI is InChI=1S/C18H24N2O3/c1-18(2,3)23-17(21)20-15-8-13(9-16(20)11-22-10-15)12-5-4-6-14(19)7-12/h4-8,15-16H,9-11,19H2,1-3H3. The summed E-state index contributed by atoms with van der Waals surface area (Å²) in [6, 6.07) is 7.79. The van der Waals surface area contributed by atoms with E-state index in [1.807, 2.05) is 43.9 Å². The van der Waals surface area contributed by atoms with Crippen molar-refractivity contribution in [3.05, 3.63) is 35.9 Å². The fourth-order valence-corrected chi connectivity index (χ4v) is 3.15. The minimum absolute atomic E-state index is 0.00466. The first kappa shape index (κ1) is 15.9. The van der Waals surface area contributed by atoms with Crippen LogP contribution in [-0.2, 0) is 9.47 Å². The molecular formula is C18H24N2O3. The number of rotatable bonds is 1. The molecule has 2 heterocycles. The molecule has 1 amide bonds. The zero-order chi connectivity index (χ0) is 16.6. The van der Waals surface area contributed by atoms with Crippen LogP contribution in [0.4, 0.5) is 10.5 Å². The smallest absolute Gasteiger partial charge is 0.411 e. The Kier molecular flexibility index (Phi) is 4.06. The summed E-state index contributed by atoms with van der Waals surface area (Å²) >= 11 is 0. The average Bonchev–Trinajstić information content (AvgIpc) is 2.44. The van der Waals surface area contributed by atoms with Crippen LogP contribution in [0.25, 0.3) is 5.57 Å². The molecule has 1 aromatic rings. The fourth-order valence-electron chi connectivity index (χ4n) is 3.15. The Hall–Kier alpha value is -2.01.